The smallest absolute Gasteiger partial charge is 0.227 e. The number of tetrazole rings is 1. The van der Waals surface area contributed by atoms with E-state index < -0.39 is 0 Å². The van der Waals surface area contributed by atoms with Crippen molar-refractivity contribution in [2.24, 2.45) is 7.05 Å². The number of hydrogen-bond acceptors (Lipinski definition) is 4. The van der Waals surface area contributed by atoms with Gasteiger partial charge in [0.2, 0.25) is 5.91 Å². The Morgan fingerprint density at radius 3 is 2.77 bits per heavy atom. The number of nitrogens with one attached hydrogen (secondary N) is 1. The number of aromatic nitrogens is 4. The molecule has 1 aromatic rings. The van der Waals surface area contributed by atoms with E-state index in [0.717, 1.165) is 0 Å². The molecule has 6 nitrogen and oxygen atoms in total. The van der Waals surface area contributed by atoms with Gasteiger partial charge in [0.05, 0.1) is 6.42 Å². The van der Waals surface area contributed by atoms with Crippen LogP contribution in [0.3, 0.4) is 0 Å². The van der Waals surface area contributed by atoms with Gasteiger partial charge in [-0.1, -0.05) is 0 Å². The lowest BCUT2D eigenvalue weighted by Crippen LogP contribution is -2.32. The number of amides is 1. The summed E-state index contributed by atoms with van der Waals surface area (Å²) in [4.78, 5) is 11.3. The van der Waals surface area contributed by atoms with Crippen LogP contribution in [0.2, 0.25) is 0 Å². The average Bonchev–Trinajstić information content (AvgIpc) is 2.34. The summed E-state index contributed by atoms with van der Waals surface area (Å²) in [5.74, 6) is 0.506. The molecule has 0 spiro atoms. The van der Waals surface area contributed by atoms with Gasteiger partial charge in [-0.2, -0.15) is 0 Å². The fourth-order valence-electron chi connectivity index (χ4n) is 0.914. The second-order valence-corrected chi connectivity index (χ2v) is 3.12. The van der Waals surface area contributed by atoms with Gasteiger partial charge in [-0.3, -0.25) is 4.79 Å². The molecule has 1 heterocycles. The van der Waals surface area contributed by atoms with Crippen LogP contribution in [-0.4, -0.2) is 32.2 Å². The Morgan fingerprint density at radius 2 is 2.31 bits per heavy atom. The molecule has 0 radical (unpaired) electrons. The van der Waals surface area contributed by atoms with Crippen molar-refractivity contribution in [1.29, 1.82) is 0 Å². The summed E-state index contributed by atoms with van der Waals surface area (Å²) < 4.78 is 1.49. The maximum atomic E-state index is 11.3. The first-order valence-electron chi connectivity index (χ1n) is 4.10. The van der Waals surface area contributed by atoms with Gasteiger partial charge in [-0.15, -0.1) is 5.10 Å². The summed E-state index contributed by atoms with van der Waals surface area (Å²) in [5, 5.41) is 13.5. The standard InChI is InChI=1S/C7H13N5O/c1-5(2)8-7(13)4-6-9-10-11-12(6)3/h5H,4H2,1-3H3,(H,8,13). The molecule has 6 heteroatoms. The van der Waals surface area contributed by atoms with Crippen LogP contribution in [0.15, 0.2) is 0 Å². The molecule has 0 aromatic carbocycles. The summed E-state index contributed by atoms with van der Waals surface area (Å²) in [7, 11) is 1.71. The monoisotopic (exact) mass is 183 g/mol. The molecule has 0 fully saturated rings. The highest BCUT2D eigenvalue weighted by Crippen LogP contribution is 1.90. The van der Waals surface area contributed by atoms with Gasteiger partial charge in [-0.25, -0.2) is 4.68 Å². The topological polar surface area (TPSA) is 72.7 Å². The lowest BCUT2D eigenvalue weighted by Gasteiger charge is -2.06. The molecule has 13 heavy (non-hydrogen) atoms. The molecule has 0 aliphatic carbocycles. The van der Waals surface area contributed by atoms with Gasteiger partial charge in [0.15, 0.2) is 5.82 Å². The highest BCUT2D eigenvalue weighted by atomic mass is 16.1. The van der Waals surface area contributed by atoms with Gasteiger partial charge in [0.25, 0.3) is 0 Å². The number of nitrogens with zero attached hydrogens (tertiary/aromatic N) is 4. The van der Waals surface area contributed by atoms with Crippen molar-refractivity contribution in [2.45, 2.75) is 26.3 Å². The third kappa shape index (κ3) is 2.81. The first-order chi connectivity index (χ1) is 6.09. The Labute approximate surface area is 76.3 Å². The van der Waals surface area contributed by atoms with E-state index in [2.05, 4.69) is 20.8 Å². The Bertz CT molecular complexity index is 293. The quantitative estimate of drug-likeness (QED) is 0.671. The zero-order chi connectivity index (χ0) is 9.84. The van der Waals surface area contributed by atoms with Gasteiger partial charge in [0.1, 0.15) is 0 Å². The molecular weight excluding hydrogens is 170 g/mol. The third-order valence-electron chi connectivity index (χ3n) is 1.48. The van der Waals surface area contributed by atoms with Crippen molar-refractivity contribution in [1.82, 2.24) is 25.5 Å². The molecule has 1 N–H and O–H groups in total. The van der Waals surface area contributed by atoms with E-state index in [9.17, 15) is 4.79 Å². The molecule has 0 saturated carbocycles. The Hall–Kier alpha value is -1.46. The van der Waals surface area contributed by atoms with Gasteiger partial charge in [0, 0.05) is 13.1 Å². The van der Waals surface area contributed by atoms with E-state index in [1.54, 1.807) is 7.05 Å². The fraction of sp³-hybridized carbons (Fsp3) is 0.714. The Kier molecular flexibility index (Phi) is 2.94. The zero-order valence-electron chi connectivity index (χ0n) is 7.98. The summed E-state index contributed by atoms with van der Waals surface area (Å²) in [6.45, 7) is 3.82. The van der Waals surface area contributed by atoms with Crippen LogP contribution in [0.1, 0.15) is 19.7 Å². The summed E-state index contributed by atoms with van der Waals surface area (Å²) in [6, 6.07) is 0.147. The molecule has 0 atom stereocenters. The second kappa shape index (κ2) is 3.97. The molecule has 72 valence electrons. The first-order valence-corrected chi connectivity index (χ1v) is 4.10. The summed E-state index contributed by atoms with van der Waals surface area (Å²) >= 11 is 0. The van der Waals surface area contributed by atoms with E-state index in [4.69, 9.17) is 0 Å². The first kappa shape index (κ1) is 9.63. The minimum absolute atomic E-state index is 0.0621. The van der Waals surface area contributed by atoms with Crippen molar-refractivity contribution >= 4 is 5.91 Å². The molecule has 1 aromatic heterocycles. The van der Waals surface area contributed by atoms with Crippen molar-refractivity contribution in [3.63, 3.8) is 0 Å². The molecule has 1 amide bonds. The highest BCUT2D eigenvalue weighted by Gasteiger charge is 2.09. The predicted molar refractivity (Wildman–Crippen MR) is 45.8 cm³/mol. The van der Waals surface area contributed by atoms with Crippen LogP contribution in [-0.2, 0) is 18.3 Å². The van der Waals surface area contributed by atoms with Crippen LogP contribution in [0.5, 0.6) is 0 Å². The fourth-order valence-corrected chi connectivity index (χ4v) is 0.914. The van der Waals surface area contributed by atoms with Crippen LogP contribution in [0, 0.1) is 0 Å². The minimum atomic E-state index is -0.0621. The largest absolute Gasteiger partial charge is 0.354 e. The van der Waals surface area contributed by atoms with Crippen molar-refractivity contribution in [3.8, 4) is 0 Å². The van der Waals surface area contributed by atoms with Gasteiger partial charge >= 0.3 is 0 Å². The number of carbonyl (C=O) groups excluding carboxylic acids is 1. The number of hydrogen-bond donors (Lipinski definition) is 1. The maximum Gasteiger partial charge on any atom is 0.227 e. The molecule has 0 aliphatic heterocycles. The zero-order valence-corrected chi connectivity index (χ0v) is 7.98. The van der Waals surface area contributed by atoms with E-state index in [1.807, 2.05) is 13.8 Å². The molecule has 0 bridgehead atoms. The van der Waals surface area contributed by atoms with E-state index in [0.29, 0.717) is 5.82 Å². The second-order valence-electron chi connectivity index (χ2n) is 3.12. The number of carbonyl (C=O) groups is 1. The molecule has 0 unspecified atom stereocenters. The van der Waals surface area contributed by atoms with Crippen molar-refractivity contribution < 1.29 is 4.79 Å². The van der Waals surface area contributed by atoms with E-state index in [-0.39, 0.29) is 18.4 Å². The average molecular weight is 183 g/mol. The Morgan fingerprint density at radius 1 is 1.62 bits per heavy atom. The van der Waals surface area contributed by atoms with Gasteiger partial charge in [-0.05, 0) is 24.3 Å². The molecule has 0 saturated heterocycles. The van der Waals surface area contributed by atoms with Crippen LogP contribution in [0.25, 0.3) is 0 Å². The molecule has 0 aliphatic rings. The van der Waals surface area contributed by atoms with Gasteiger partial charge < -0.3 is 5.32 Å². The van der Waals surface area contributed by atoms with E-state index in [1.165, 1.54) is 4.68 Å². The molecular formula is C7H13N5O. The predicted octanol–water partition coefficient (Wildman–Crippen LogP) is -0.723. The third-order valence-corrected chi connectivity index (χ3v) is 1.48. The summed E-state index contributed by atoms with van der Waals surface area (Å²) in [6.07, 6.45) is 0.224. The lowest BCUT2D eigenvalue weighted by molar-refractivity contribution is -0.121. The van der Waals surface area contributed by atoms with Crippen LogP contribution < -0.4 is 5.32 Å². The summed E-state index contributed by atoms with van der Waals surface area (Å²) in [5.41, 5.74) is 0. The normalized spacial score (nSPS) is 10.5. The maximum absolute atomic E-state index is 11.3. The minimum Gasteiger partial charge on any atom is -0.354 e. The Balaban J connectivity index is 2.50. The highest BCUT2D eigenvalue weighted by molar-refractivity contribution is 5.77. The van der Waals surface area contributed by atoms with Crippen molar-refractivity contribution in [3.05, 3.63) is 5.82 Å². The van der Waals surface area contributed by atoms with Crippen molar-refractivity contribution in [2.75, 3.05) is 0 Å². The molecule has 1 rings (SSSR count). The lowest BCUT2D eigenvalue weighted by atomic mass is 10.3. The van der Waals surface area contributed by atoms with Crippen LogP contribution in [0.4, 0.5) is 0 Å². The number of rotatable bonds is 3. The number of aryl methyl sites for hydroxylation is 1. The van der Waals surface area contributed by atoms with E-state index >= 15 is 0 Å². The van der Waals surface area contributed by atoms with Crippen LogP contribution >= 0.6 is 0 Å². The SMILES string of the molecule is CC(C)NC(=O)Cc1nnnn1C.